The molecule has 0 aromatic carbocycles. The number of hydrogen-bond donors (Lipinski definition) is 0. The molecule has 2 nitrogen and oxygen atoms in total. The summed E-state index contributed by atoms with van der Waals surface area (Å²) in [7, 11) is 0. The first kappa shape index (κ1) is 9.89. The van der Waals surface area contributed by atoms with Crippen molar-refractivity contribution in [3.63, 3.8) is 0 Å². The number of nitrogens with zero attached hydrogens (tertiary/aromatic N) is 1. The molecule has 0 unspecified atom stereocenters. The molecule has 0 amide bonds. The van der Waals surface area contributed by atoms with Crippen LogP contribution >= 0.6 is 11.3 Å². The van der Waals surface area contributed by atoms with Gasteiger partial charge in [0.2, 0.25) is 0 Å². The Balaban J connectivity index is 1.82. The van der Waals surface area contributed by atoms with Gasteiger partial charge in [0.15, 0.2) is 6.29 Å². The molecule has 3 heteroatoms. The van der Waals surface area contributed by atoms with Gasteiger partial charge in [-0.25, -0.2) is 0 Å². The topological polar surface area (TPSA) is 22.0 Å². The Bertz CT molecular complexity index is 587. The molecule has 0 N–H and O–H groups in total. The van der Waals surface area contributed by atoms with Crippen LogP contribution < -0.4 is 0 Å². The number of fused-ring (bicyclic) bond motifs is 1. The van der Waals surface area contributed by atoms with Gasteiger partial charge in [-0.15, -0.1) is 11.3 Å². The zero-order valence-corrected chi connectivity index (χ0v) is 10.5. The SMILES string of the molecule is O=Cc1cc2cc(C3CC3)sc2n1CC1CC1. The second-order valence-electron chi connectivity index (χ2n) is 5.42. The summed E-state index contributed by atoms with van der Waals surface area (Å²) in [4.78, 5) is 14.0. The van der Waals surface area contributed by atoms with Crippen molar-refractivity contribution < 1.29 is 4.79 Å². The summed E-state index contributed by atoms with van der Waals surface area (Å²) < 4.78 is 2.25. The van der Waals surface area contributed by atoms with Gasteiger partial charge in [-0.2, -0.15) is 0 Å². The van der Waals surface area contributed by atoms with E-state index in [2.05, 4.69) is 16.7 Å². The van der Waals surface area contributed by atoms with Crippen molar-refractivity contribution in [2.45, 2.75) is 38.1 Å². The quantitative estimate of drug-likeness (QED) is 0.751. The Morgan fingerprint density at radius 3 is 2.76 bits per heavy atom. The average Bonchev–Trinajstić information content (AvgIpc) is 3.22. The van der Waals surface area contributed by atoms with Crippen molar-refractivity contribution in [1.82, 2.24) is 4.57 Å². The van der Waals surface area contributed by atoms with Crippen LogP contribution in [-0.2, 0) is 6.54 Å². The zero-order valence-electron chi connectivity index (χ0n) is 9.69. The molecule has 2 heterocycles. The third kappa shape index (κ3) is 1.64. The van der Waals surface area contributed by atoms with Gasteiger partial charge in [0, 0.05) is 16.8 Å². The molecule has 2 aliphatic carbocycles. The van der Waals surface area contributed by atoms with Gasteiger partial charge in [-0.3, -0.25) is 4.79 Å². The van der Waals surface area contributed by atoms with Crippen LogP contribution in [0.4, 0.5) is 0 Å². The lowest BCUT2D eigenvalue weighted by molar-refractivity contribution is 0.111. The van der Waals surface area contributed by atoms with Gasteiger partial charge in [0.25, 0.3) is 0 Å². The van der Waals surface area contributed by atoms with Crippen molar-refractivity contribution in [3.05, 3.63) is 22.7 Å². The zero-order chi connectivity index (χ0) is 11.4. The van der Waals surface area contributed by atoms with Crippen LogP contribution in [0.1, 0.15) is 47.0 Å². The Kier molecular flexibility index (Phi) is 2.01. The summed E-state index contributed by atoms with van der Waals surface area (Å²) >= 11 is 1.90. The van der Waals surface area contributed by atoms with E-state index in [-0.39, 0.29) is 0 Å². The number of thiophene rings is 1. The molecular weight excluding hydrogens is 230 g/mol. The van der Waals surface area contributed by atoms with Crippen LogP contribution in [0.2, 0.25) is 0 Å². The molecule has 4 rings (SSSR count). The summed E-state index contributed by atoms with van der Waals surface area (Å²) in [6, 6.07) is 4.36. The Morgan fingerprint density at radius 2 is 2.12 bits per heavy atom. The molecule has 2 aliphatic rings. The Hall–Kier alpha value is -1.09. The molecule has 2 fully saturated rings. The van der Waals surface area contributed by atoms with E-state index in [1.54, 1.807) is 0 Å². The van der Waals surface area contributed by atoms with E-state index in [4.69, 9.17) is 0 Å². The fourth-order valence-electron chi connectivity index (χ4n) is 2.50. The molecule has 0 spiro atoms. The number of carbonyl (C=O) groups is 1. The smallest absolute Gasteiger partial charge is 0.166 e. The van der Waals surface area contributed by atoms with Crippen molar-refractivity contribution in [1.29, 1.82) is 0 Å². The standard InChI is InChI=1S/C14H15NOS/c16-8-12-5-11-6-13(10-3-4-10)17-14(11)15(12)7-9-1-2-9/h5-6,8-10H,1-4,7H2. The first-order valence-electron chi connectivity index (χ1n) is 6.43. The highest BCUT2D eigenvalue weighted by Crippen LogP contribution is 2.46. The number of aromatic nitrogens is 1. The molecule has 0 radical (unpaired) electrons. The van der Waals surface area contributed by atoms with Crippen LogP contribution in [0.25, 0.3) is 10.2 Å². The van der Waals surface area contributed by atoms with Crippen molar-refractivity contribution in [3.8, 4) is 0 Å². The summed E-state index contributed by atoms with van der Waals surface area (Å²) in [5.74, 6) is 1.64. The summed E-state index contributed by atoms with van der Waals surface area (Å²) in [5.41, 5.74) is 0.862. The van der Waals surface area contributed by atoms with Gasteiger partial charge in [-0.1, -0.05) is 0 Å². The third-order valence-corrected chi connectivity index (χ3v) is 5.19. The molecule has 0 bridgehead atoms. The van der Waals surface area contributed by atoms with Crippen LogP contribution in [-0.4, -0.2) is 10.9 Å². The largest absolute Gasteiger partial charge is 0.330 e. The summed E-state index contributed by atoms with van der Waals surface area (Å²) in [6.07, 6.45) is 6.38. The lowest BCUT2D eigenvalue weighted by atomic mass is 10.3. The molecule has 2 saturated carbocycles. The van der Waals surface area contributed by atoms with Crippen molar-refractivity contribution >= 4 is 27.8 Å². The monoisotopic (exact) mass is 245 g/mol. The Labute approximate surface area is 104 Å². The second-order valence-corrected chi connectivity index (χ2v) is 6.49. The molecule has 2 aromatic heterocycles. The molecule has 0 aliphatic heterocycles. The maximum atomic E-state index is 11.1. The van der Waals surface area contributed by atoms with Crippen molar-refractivity contribution in [2.24, 2.45) is 5.92 Å². The number of hydrogen-bond acceptors (Lipinski definition) is 2. The van der Waals surface area contributed by atoms with Gasteiger partial charge in [0.05, 0.1) is 5.69 Å². The van der Waals surface area contributed by atoms with E-state index in [1.165, 1.54) is 40.8 Å². The third-order valence-electron chi connectivity index (χ3n) is 3.86. The van der Waals surface area contributed by atoms with Crippen LogP contribution in [0.3, 0.4) is 0 Å². The van der Waals surface area contributed by atoms with E-state index in [9.17, 15) is 4.79 Å². The van der Waals surface area contributed by atoms with Crippen LogP contribution in [0.15, 0.2) is 12.1 Å². The maximum Gasteiger partial charge on any atom is 0.166 e. The second kappa shape index (κ2) is 3.45. The lowest BCUT2D eigenvalue weighted by Gasteiger charge is -2.04. The fourth-order valence-corrected chi connectivity index (χ4v) is 3.83. The molecule has 0 saturated heterocycles. The predicted molar refractivity (Wildman–Crippen MR) is 69.9 cm³/mol. The highest BCUT2D eigenvalue weighted by atomic mass is 32.1. The normalized spacial score (nSPS) is 20.0. The van der Waals surface area contributed by atoms with Gasteiger partial charge < -0.3 is 4.57 Å². The molecule has 2 aromatic rings. The van der Waals surface area contributed by atoms with Crippen LogP contribution in [0, 0.1) is 5.92 Å². The first-order valence-corrected chi connectivity index (χ1v) is 7.25. The average molecular weight is 245 g/mol. The number of carbonyl (C=O) groups excluding carboxylic acids is 1. The molecular formula is C14H15NOS. The van der Waals surface area contributed by atoms with Gasteiger partial charge in [0.1, 0.15) is 4.83 Å². The summed E-state index contributed by atoms with van der Waals surface area (Å²) in [6.45, 7) is 1.04. The molecule has 88 valence electrons. The molecule has 17 heavy (non-hydrogen) atoms. The highest BCUT2D eigenvalue weighted by Gasteiger charge is 2.28. The van der Waals surface area contributed by atoms with E-state index < -0.39 is 0 Å². The van der Waals surface area contributed by atoms with E-state index in [1.807, 2.05) is 11.3 Å². The minimum absolute atomic E-state index is 0.816. The van der Waals surface area contributed by atoms with Crippen LogP contribution in [0.5, 0.6) is 0 Å². The Morgan fingerprint density at radius 1 is 1.29 bits per heavy atom. The minimum atomic E-state index is 0.816. The summed E-state index contributed by atoms with van der Waals surface area (Å²) in [5, 5.41) is 1.28. The van der Waals surface area contributed by atoms with Crippen molar-refractivity contribution in [2.75, 3.05) is 0 Å². The number of rotatable bonds is 4. The van der Waals surface area contributed by atoms with Gasteiger partial charge in [-0.05, 0) is 49.7 Å². The van der Waals surface area contributed by atoms with E-state index >= 15 is 0 Å². The predicted octanol–water partition coefficient (Wildman–Crippen LogP) is 3.80. The first-order chi connectivity index (χ1) is 8.35. The fraction of sp³-hybridized carbons (Fsp3) is 0.500. The highest BCUT2D eigenvalue weighted by molar-refractivity contribution is 7.18. The minimum Gasteiger partial charge on any atom is -0.330 e. The van der Waals surface area contributed by atoms with Gasteiger partial charge >= 0.3 is 0 Å². The lowest BCUT2D eigenvalue weighted by Crippen LogP contribution is -2.02. The maximum absolute atomic E-state index is 11.1. The molecule has 0 atom stereocenters. The van der Waals surface area contributed by atoms with E-state index in [0.29, 0.717) is 0 Å². The van der Waals surface area contributed by atoms with E-state index in [0.717, 1.165) is 30.4 Å². The number of aldehydes is 1.